The van der Waals surface area contributed by atoms with Crippen molar-refractivity contribution in [2.24, 2.45) is 0 Å². The van der Waals surface area contributed by atoms with E-state index in [1.54, 1.807) is 6.66 Å². The second-order valence-electron chi connectivity index (χ2n) is 0. The van der Waals surface area contributed by atoms with Gasteiger partial charge < -0.3 is 9.24 Å². The predicted octanol–water partition coefficient (Wildman–Crippen LogP) is -5.23. The van der Waals surface area contributed by atoms with Crippen molar-refractivity contribution in [2.45, 2.75) is 0 Å². The van der Waals surface area contributed by atoms with Crippen molar-refractivity contribution in [1.29, 1.82) is 0 Å². The molecule has 0 atom stereocenters. The van der Waals surface area contributed by atoms with E-state index in [2.05, 4.69) is 9.24 Å². The first kappa shape index (κ1) is 15.6. The van der Waals surface area contributed by atoms with E-state index in [1.807, 2.05) is 0 Å². The largest absolute Gasteiger partial charge is 1.00 e. The SMILES string of the molecule is C[PH-].[K+].[K+]. The first-order valence-corrected chi connectivity index (χ1v) is 1.50. The van der Waals surface area contributed by atoms with Crippen LogP contribution in [0.25, 0.3) is 0 Å². The summed E-state index contributed by atoms with van der Waals surface area (Å²) >= 11 is 0. The van der Waals surface area contributed by atoms with Gasteiger partial charge in [-0.05, 0) is 0 Å². The van der Waals surface area contributed by atoms with Crippen molar-refractivity contribution in [2.75, 3.05) is 6.66 Å². The van der Waals surface area contributed by atoms with E-state index in [4.69, 9.17) is 0 Å². The minimum Gasteiger partial charge on any atom is -0.562 e. The van der Waals surface area contributed by atoms with Crippen LogP contribution in [0.4, 0.5) is 0 Å². The van der Waals surface area contributed by atoms with Gasteiger partial charge in [0.2, 0.25) is 0 Å². The second kappa shape index (κ2) is 15.9. The Bertz CT molecular complexity index is 6.00. The van der Waals surface area contributed by atoms with Gasteiger partial charge in [-0.2, -0.15) is 6.66 Å². The normalized spacial score (nSPS) is 1.50. The van der Waals surface area contributed by atoms with Crippen LogP contribution in [-0.4, -0.2) is 6.66 Å². The van der Waals surface area contributed by atoms with E-state index in [9.17, 15) is 0 Å². The fourth-order valence-corrected chi connectivity index (χ4v) is 0. The molecule has 0 aromatic heterocycles. The van der Waals surface area contributed by atoms with Gasteiger partial charge in [0, 0.05) is 0 Å². The summed E-state index contributed by atoms with van der Waals surface area (Å²) in [6.07, 6.45) is 0. The Morgan fingerprint density at radius 3 is 1.00 bits per heavy atom. The van der Waals surface area contributed by atoms with Crippen molar-refractivity contribution >= 4 is 9.24 Å². The van der Waals surface area contributed by atoms with Crippen molar-refractivity contribution in [3.63, 3.8) is 0 Å². The van der Waals surface area contributed by atoms with E-state index in [0.29, 0.717) is 0 Å². The molecule has 3 heteroatoms. The van der Waals surface area contributed by atoms with Crippen molar-refractivity contribution < 1.29 is 103 Å². The van der Waals surface area contributed by atoms with Crippen LogP contribution in [0.3, 0.4) is 0 Å². The Hall–Kier alpha value is 3.70. The molecule has 0 spiro atoms. The standard InChI is InChI=1S/CH4P.2K/c1-2;;/h2H,1H3;;/q-1;2*+1. The molecular formula is CH4K2P+. The fourth-order valence-electron chi connectivity index (χ4n) is 0. The van der Waals surface area contributed by atoms with E-state index >= 15 is 0 Å². The molecule has 0 heterocycles. The van der Waals surface area contributed by atoms with Gasteiger partial charge in [0.25, 0.3) is 0 Å². The van der Waals surface area contributed by atoms with Crippen molar-refractivity contribution in [1.82, 2.24) is 0 Å². The Balaban J connectivity index is -0.00000000500. The molecule has 0 unspecified atom stereocenters. The van der Waals surface area contributed by atoms with Crippen molar-refractivity contribution in [3.05, 3.63) is 0 Å². The maximum Gasteiger partial charge on any atom is 1.00 e. The summed E-state index contributed by atoms with van der Waals surface area (Å²) in [7, 11) is 2.97. The number of hydrogen-bond donors (Lipinski definition) is 0. The zero-order chi connectivity index (χ0) is 2.00. The van der Waals surface area contributed by atoms with Crippen LogP contribution in [0, 0.1) is 0 Å². The molecule has 0 aliphatic rings. The number of rotatable bonds is 0. The smallest absolute Gasteiger partial charge is 0.562 e. The van der Waals surface area contributed by atoms with Gasteiger partial charge in [-0.25, -0.2) is 0 Å². The second-order valence-corrected chi connectivity index (χ2v) is 0. The molecule has 0 aromatic rings. The van der Waals surface area contributed by atoms with Gasteiger partial charge in [0.15, 0.2) is 0 Å². The van der Waals surface area contributed by atoms with Crippen molar-refractivity contribution in [3.8, 4) is 0 Å². The van der Waals surface area contributed by atoms with Gasteiger partial charge in [0.1, 0.15) is 0 Å². The van der Waals surface area contributed by atoms with Crippen LogP contribution in [0.2, 0.25) is 0 Å². The molecular weight excluding hydrogens is 121 g/mol. The summed E-state index contributed by atoms with van der Waals surface area (Å²) in [6, 6.07) is 0. The molecule has 0 radical (unpaired) electrons. The molecule has 0 amide bonds. The van der Waals surface area contributed by atoms with E-state index in [-0.39, 0.29) is 103 Å². The van der Waals surface area contributed by atoms with Crippen LogP contribution in [0.15, 0.2) is 0 Å². The molecule has 0 bridgehead atoms. The average Bonchev–Trinajstić information content (AvgIpc) is 1.00. The number of hydrogen-bond acceptors (Lipinski definition) is 0. The Kier molecular flexibility index (Phi) is 62.2. The van der Waals surface area contributed by atoms with Crippen LogP contribution in [-0.2, 0) is 0 Å². The summed E-state index contributed by atoms with van der Waals surface area (Å²) in [6.45, 7) is 1.81. The summed E-state index contributed by atoms with van der Waals surface area (Å²) < 4.78 is 0. The maximum absolute atomic E-state index is 2.97. The summed E-state index contributed by atoms with van der Waals surface area (Å²) in [5, 5.41) is 0. The Labute approximate surface area is 115 Å². The summed E-state index contributed by atoms with van der Waals surface area (Å²) in [5.74, 6) is 0. The minimum atomic E-state index is 0. The van der Waals surface area contributed by atoms with Gasteiger partial charge in [-0.15, -0.1) is 0 Å². The minimum absolute atomic E-state index is 0. The molecule has 0 rings (SSSR count). The molecule has 14 valence electrons. The topological polar surface area (TPSA) is 0 Å². The summed E-state index contributed by atoms with van der Waals surface area (Å²) in [5.41, 5.74) is 0. The predicted molar refractivity (Wildman–Crippen MR) is 14.2 cm³/mol. The monoisotopic (exact) mass is 125 g/mol. The molecule has 0 fully saturated rings. The van der Waals surface area contributed by atoms with Gasteiger partial charge in [-0.1, -0.05) is 0 Å². The van der Waals surface area contributed by atoms with Crippen LogP contribution in [0.5, 0.6) is 0 Å². The molecule has 0 nitrogen and oxygen atoms in total. The first-order valence-electron chi connectivity index (χ1n) is 0.500. The van der Waals surface area contributed by atoms with Crippen LogP contribution >= 0.6 is 9.24 Å². The molecule has 4 heavy (non-hydrogen) atoms. The van der Waals surface area contributed by atoms with Gasteiger partial charge in [0.05, 0.1) is 0 Å². The van der Waals surface area contributed by atoms with E-state index < -0.39 is 0 Å². The molecule has 0 aliphatic carbocycles. The van der Waals surface area contributed by atoms with E-state index in [1.165, 1.54) is 0 Å². The Morgan fingerprint density at radius 1 is 1.00 bits per heavy atom. The molecule has 0 aliphatic heterocycles. The van der Waals surface area contributed by atoms with Crippen LogP contribution in [0.1, 0.15) is 0 Å². The molecule has 0 aromatic carbocycles. The maximum atomic E-state index is 2.97. The van der Waals surface area contributed by atoms with Gasteiger partial charge in [-0.3, -0.25) is 0 Å². The van der Waals surface area contributed by atoms with Crippen LogP contribution < -0.4 is 103 Å². The first-order chi connectivity index (χ1) is 1.00. The Morgan fingerprint density at radius 2 is 1.00 bits per heavy atom. The average molecular weight is 125 g/mol. The fraction of sp³-hybridized carbons (Fsp3) is 1.00. The molecule has 0 saturated heterocycles. The third-order valence-electron chi connectivity index (χ3n) is 0. The zero-order valence-electron chi connectivity index (χ0n) is 3.50. The summed E-state index contributed by atoms with van der Waals surface area (Å²) in [4.78, 5) is 0. The quantitative estimate of drug-likeness (QED) is 0.224. The van der Waals surface area contributed by atoms with Gasteiger partial charge >= 0.3 is 103 Å². The van der Waals surface area contributed by atoms with E-state index in [0.717, 1.165) is 0 Å². The third-order valence-corrected chi connectivity index (χ3v) is 0. The molecule has 0 N–H and O–H groups in total. The third kappa shape index (κ3) is 9.20. The molecule has 0 saturated carbocycles. The zero-order valence-corrected chi connectivity index (χ0v) is 10.7.